The Kier molecular flexibility index (Phi) is 1.67. The molecule has 0 spiro atoms. The first kappa shape index (κ1) is 4.80. The Morgan fingerprint density at radius 2 is 2.50 bits per heavy atom. The number of hydrogen-bond acceptors (Lipinski definition) is 2. The third kappa shape index (κ3) is 0.828. The summed E-state index contributed by atoms with van der Waals surface area (Å²) in [5, 5.41) is 0. The fraction of sp³-hybridized carbons (Fsp3) is 1.00. The van der Waals surface area contributed by atoms with Crippen LogP contribution in [0.1, 0.15) is 6.42 Å². The molecule has 1 fully saturated rings. The first-order valence-electron chi connectivity index (χ1n) is 1.87. The summed E-state index contributed by atoms with van der Waals surface area (Å²) < 4.78 is 10.8. The minimum absolute atomic E-state index is 0.0908. The number of alkyl halides is 1. The van der Waals surface area contributed by atoms with Crippen LogP contribution < -0.4 is 25.4 Å². The van der Waals surface area contributed by atoms with Crippen LogP contribution in [0.3, 0.4) is 0 Å². The maximum absolute atomic E-state index is 5.32. The molecule has 0 aromatic rings. The van der Waals surface area contributed by atoms with E-state index in [2.05, 4.69) is 0 Å². The zero-order valence-corrected chi connectivity index (χ0v) is 5.51. The molecule has 1 aliphatic heterocycles. The Balaban J connectivity index is 2.01. The zero-order chi connectivity index (χ0) is 4.41. The van der Waals surface area contributed by atoms with Gasteiger partial charge >= 0.3 is 47.3 Å². The molecule has 1 saturated heterocycles. The van der Waals surface area contributed by atoms with Gasteiger partial charge in [0.25, 0.3) is 0 Å². The minimum atomic E-state index is -0.0908. The van der Waals surface area contributed by atoms with Crippen LogP contribution in [0.2, 0.25) is 0 Å². The van der Waals surface area contributed by atoms with Crippen LogP contribution in [-0.4, -0.2) is 10.7 Å². The standard InChI is InChI=1S/C3H7INO/c5-4-3-1-2-6-3/h3H,1-2,5H2/q-1/t3-/m0/s1. The maximum atomic E-state index is 5.32. The normalized spacial score (nSPS) is 33.2. The molecule has 0 saturated carbocycles. The molecule has 0 aliphatic carbocycles. The molecule has 1 aliphatic rings. The topological polar surface area (TPSA) is 35.2 Å². The van der Waals surface area contributed by atoms with Crippen LogP contribution in [-0.2, 0) is 4.74 Å². The van der Waals surface area contributed by atoms with Crippen molar-refractivity contribution in [2.45, 2.75) is 10.5 Å². The van der Waals surface area contributed by atoms with Crippen molar-refractivity contribution >= 4 is 0 Å². The van der Waals surface area contributed by atoms with Crippen LogP contribution >= 0.6 is 0 Å². The van der Waals surface area contributed by atoms with E-state index >= 15 is 0 Å². The molecule has 3 heteroatoms. The van der Waals surface area contributed by atoms with Gasteiger partial charge in [-0.1, -0.05) is 0 Å². The molecular weight excluding hydrogens is 193 g/mol. The van der Waals surface area contributed by atoms with E-state index in [1.54, 1.807) is 0 Å². The summed E-state index contributed by atoms with van der Waals surface area (Å²) in [6, 6.07) is 0. The van der Waals surface area contributed by atoms with Crippen LogP contribution in [0.4, 0.5) is 0 Å². The Hall–Kier alpha value is 0.650. The van der Waals surface area contributed by atoms with Crippen LogP contribution in [0.25, 0.3) is 0 Å². The predicted octanol–water partition coefficient (Wildman–Crippen LogP) is -3.30. The summed E-state index contributed by atoms with van der Waals surface area (Å²) in [5.41, 5.74) is 0. The Bertz CT molecular complexity index is 43.3. The first-order chi connectivity index (χ1) is 2.93. The van der Waals surface area contributed by atoms with Crippen molar-refractivity contribution in [3.63, 3.8) is 0 Å². The second kappa shape index (κ2) is 2.09. The quantitative estimate of drug-likeness (QED) is 0.273. The molecule has 6 heavy (non-hydrogen) atoms. The molecule has 1 rings (SSSR count). The van der Waals surface area contributed by atoms with Gasteiger partial charge in [0, 0.05) is 0 Å². The van der Waals surface area contributed by atoms with E-state index in [9.17, 15) is 0 Å². The predicted molar refractivity (Wildman–Crippen MR) is 18.5 cm³/mol. The van der Waals surface area contributed by atoms with Crippen LogP contribution in [0.5, 0.6) is 0 Å². The van der Waals surface area contributed by atoms with Crippen molar-refractivity contribution < 1.29 is 26.2 Å². The zero-order valence-electron chi connectivity index (χ0n) is 3.36. The van der Waals surface area contributed by atoms with Gasteiger partial charge in [0.15, 0.2) is 0 Å². The molecule has 1 heterocycles. The summed E-state index contributed by atoms with van der Waals surface area (Å²) in [5.74, 6) is 0. The number of halogens is 1. The molecule has 2 nitrogen and oxygen atoms in total. The van der Waals surface area contributed by atoms with E-state index < -0.39 is 0 Å². The van der Waals surface area contributed by atoms with Crippen molar-refractivity contribution in [1.82, 2.24) is 0 Å². The number of rotatable bonds is 1. The van der Waals surface area contributed by atoms with Gasteiger partial charge in [-0.05, 0) is 0 Å². The third-order valence-corrected chi connectivity index (χ3v) is 2.57. The summed E-state index contributed by atoms with van der Waals surface area (Å²) in [6.45, 7) is 0.946. The van der Waals surface area contributed by atoms with E-state index in [0.29, 0.717) is 4.11 Å². The molecule has 1 atom stereocenters. The first-order valence-corrected chi connectivity index (χ1v) is 4.36. The fourth-order valence-electron chi connectivity index (χ4n) is 0.306. The van der Waals surface area contributed by atoms with Gasteiger partial charge in [0.1, 0.15) is 0 Å². The summed E-state index contributed by atoms with van der Waals surface area (Å²) in [4.78, 5) is 0. The van der Waals surface area contributed by atoms with Crippen LogP contribution in [0, 0.1) is 0 Å². The van der Waals surface area contributed by atoms with Crippen molar-refractivity contribution in [3.8, 4) is 0 Å². The second-order valence-electron chi connectivity index (χ2n) is 1.20. The second-order valence-corrected chi connectivity index (χ2v) is 3.30. The molecule has 0 aromatic heterocycles. The van der Waals surface area contributed by atoms with Crippen molar-refractivity contribution in [3.05, 3.63) is 0 Å². The van der Waals surface area contributed by atoms with E-state index in [0.717, 1.165) is 6.61 Å². The van der Waals surface area contributed by atoms with Gasteiger partial charge in [-0.25, -0.2) is 0 Å². The monoisotopic (exact) mass is 200 g/mol. The fourth-order valence-corrected chi connectivity index (χ4v) is 1.38. The van der Waals surface area contributed by atoms with E-state index in [4.69, 9.17) is 8.68 Å². The van der Waals surface area contributed by atoms with Gasteiger partial charge in [-0.15, -0.1) is 0 Å². The average Bonchev–Trinajstić information content (AvgIpc) is 1.31. The molecular formula is C3H7INO-. The van der Waals surface area contributed by atoms with Gasteiger partial charge in [-0.2, -0.15) is 0 Å². The van der Waals surface area contributed by atoms with E-state index in [-0.39, 0.29) is 21.5 Å². The Labute approximate surface area is 47.7 Å². The summed E-state index contributed by atoms with van der Waals surface area (Å²) in [7, 11) is 0. The molecule has 38 valence electrons. The Morgan fingerprint density at radius 1 is 1.83 bits per heavy atom. The van der Waals surface area contributed by atoms with Gasteiger partial charge < -0.3 is 0 Å². The van der Waals surface area contributed by atoms with E-state index in [1.807, 2.05) is 0 Å². The molecule has 2 N–H and O–H groups in total. The van der Waals surface area contributed by atoms with Gasteiger partial charge in [0.2, 0.25) is 0 Å². The molecule has 0 unspecified atom stereocenters. The molecule has 0 bridgehead atoms. The number of hydrogen-bond donors (Lipinski definition) is 1. The molecule has 0 aromatic carbocycles. The molecule has 0 amide bonds. The van der Waals surface area contributed by atoms with Gasteiger partial charge in [-0.3, -0.25) is 0 Å². The summed E-state index contributed by atoms with van der Waals surface area (Å²) in [6.07, 6.45) is 1.21. The number of nitrogens with two attached hydrogens (primary N) is 1. The van der Waals surface area contributed by atoms with Crippen molar-refractivity contribution in [2.24, 2.45) is 3.95 Å². The number of ether oxygens (including phenoxy) is 1. The SMILES string of the molecule is N[I-][C@@H]1CCO1. The van der Waals surface area contributed by atoms with Gasteiger partial charge in [0.05, 0.1) is 0 Å². The third-order valence-electron chi connectivity index (χ3n) is 0.784. The average molecular weight is 200 g/mol. The Morgan fingerprint density at radius 3 is 2.50 bits per heavy atom. The summed E-state index contributed by atoms with van der Waals surface area (Å²) >= 11 is -0.0908. The van der Waals surface area contributed by atoms with Crippen molar-refractivity contribution in [1.29, 1.82) is 0 Å². The van der Waals surface area contributed by atoms with Crippen molar-refractivity contribution in [2.75, 3.05) is 6.61 Å². The van der Waals surface area contributed by atoms with Crippen LogP contribution in [0.15, 0.2) is 0 Å². The molecule has 0 radical (unpaired) electrons. The van der Waals surface area contributed by atoms with E-state index in [1.165, 1.54) is 6.42 Å².